The fourth-order valence-electron chi connectivity index (χ4n) is 4.34. The number of hydrogen-bond donors (Lipinski definition) is 2. The smallest absolute Gasteiger partial charge is 0.252 e. The molecule has 0 unspecified atom stereocenters. The van der Waals surface area contributed by atoms with Crippen LogP contribution in [0.5, 0.6) is 0 Å². The molecule has 1 aromatic carbocycles. The van der Waals surface area contributed by atoms with Gasteiger partial charge in [0, 0.05) is 24.6 Å². The third-order valence-corrected chi connectivity index (χ3v) is 5.86. The van der Waals surface area contributed by atoms with Crippen molar-refractivity contribution in [2.45, 2.75) is 49.5 Å². The third kappa shape index (κ3) is 3.42. The number of carbonyl (C=O) groups is 1. The van der Waals surface area contributed by atoms with Crippen molar-refractivity contribution in [1.29, 1.82) is 0 Å². The molecule has 2 N–H and O–H groups in total. The normalized spacial score (nSPS) is 21.9. The van der Waals surface area contributed by atoms with Gasteiger partial charge < -0.3 is 15.4 Å². The molecule has 1 aliphatic carbocycles. The zero-order chi connectivity index (χ0) is 17.9. The maximum atomic E-state index is 14.4. The number of nitrogens with one attached hydrogen (secondary N) is 2. The number of rotatable bonds is 5. The van der Waals surface area contributed by atoms with Crippen LogP contribution in [-0.2, 0) is 14.9 Å². The minimum absolute atomic E-state index is 0.115. The first-order chi connectivity index (χ1) is 12.0. The predicted octanol–water partition coefficient (Wildman–Crippen LogP) is 2.66. The molecule has 0 radical (unpaired) electrons. The fourth-order valence-corrected chi connectivity index (χ4v) is 4.34. The van der Waals surface area contributed by atoms with E-state index in [1.807, 2.05) is 0 Å². The molecule has 138 valence electrons. The lowest BCUT2D eigenvalue weighted by molar-refractivity contribution is -0.147. The van der Waals surface area contributed by atoms with Crippen LogP contribution in [0.25, 0.3) is 0 Å². The molecule has 1 saturated carbocycles. The molecule has 3 rings (SSSR count). The summed E-state index contributed by atoms with van der Waals surface area (Å²) >= 11 is 0. The van der Waals surface area contributed by atoms with Crippen LogP contribution in [0.3, 0.4) is 0 Å². The van der Waals surface area contributed by atoms with Crippen LogP contribution in [0, 0.1) is 11.6 Å². The van der Waals surface area contributed by atoms with E-state index in [1.54, 1.807) is 7.11 Å². The van der Waals surface area contributed by atoms with Crippen molar-refractivity contribution in [3.05, 3.63) is 35.4 Å². The highest BCUT2D eigenvalue weighted by Gasteiger charge is 2.43. The molecule has 4 nitrogen and oxygen atoms in total. The van der Waals surface area contributed by atoms with Gasteiger partial charge in [-0.3, -0.25) is 4.79 Å². The van der Waals surface area contributed by atoms with Gasteiger partial charge in [-0.05, 0) is 50.9 Å². The van der Waals surface area contributed by atoms with Gasteiger partial charge in [0.25, 0.3) is 5.91 Å². The van der Waals surface area contributed by atoms with E-state index in [2.05, 4.69) is 10.6 Å². The molecule has 2 fully saturated rings. The Hall–Kier alpha value is -1.53. The van der Waals surface area contributed by atoms with E-state index in [-0.39, 0.29) is 18.0 Å². The van der Waals surface area contributed by atoms with Crippen LogP contribution >= 0.6 is 0 Å². The minimum Gasteiger partial charge on any atom is -0.368 e. The van der Waals surface area contributed by atoms with E-state index >= 15 is 0 Å². The molecule has 1 heterocycles. The standard InChI is InChI=1S/C19H26F2N2O2/c1-25-19(9-11-22-12-10-19)17(24)23-13-18(7-2-3-8-18)16-14(20)5-4-6-15(16)21/h4-6,22H,2-3,7-13H2,1H3,(H,23,24). The van der Waals surface area contributed by atoms with Crippen molar-refractivity contribution < 1.29 is 18.3 Å². The summed E-state index contributed by atoms with van der Waals surface area (Å²) in [6.07, 6.45) is 4.35. The van der Waals surface area contributed by atoms with E-state index in [4.69, 9.17) is 4.74 Å². The molecule has 0 bridgehead atoms. The summed E-state index contributed by atoms with van der Waals surface area (Å²) in [6, 6.07) is 3.97. The SMILES string of the molecule is COC1(C(=O)NCC2(c3c(F)cccc3F)CCCC2)CCNCC1. The summed E-state index contributed by atoms with van der Waals surface area (Å²) in [5, 5.41) is 6.17. The van der Waals surface area contributed by atoms with Crippen molar-refractivity contribution >= 4 is 5.91 Å². The van der Waals surface area contributed by atoms with Gasteiger partial charge in [-0.25, -0.2) is 8.78 Å². The summed E-state index contributed by atoms with van der Waals surface area (Å²) < 4.78 is 34.3. The summed E-state index contributed by atoms with van der Waals surface area (Å²) in [5.74, 6) is -1.24. The van der Waals surface area contributed by atoms with E-state index in [0.717, 1.165) is 12.8 Å². The first-order valence-electron chi connectivity index (χ1n) is 9.02. The summed E-state index contributed by atoms with van der Waals surface area (Å²) in [5.41, 5.74) is -1.41. The average Bonchev–Trinajstić information content (AvgIpc) is 3.10. The molecule has 6 heteroatoms. The number of methoxy groups -OCH3 is 1. The Kier molecular flexibility index (Phi) is 5.39. The van der Waals surface area contributed by atoms with Crippen LogP contribution in [0.1, 0.15) is 44.1 Å². The Morgan fingerprint density at radius 3 is 2.32 bits per heavy atom. The fraction of sp³-hybridized carbons (Fsp3) is 0.632. The Labute approximate surface area is 147 Å². The molecular weight excluding hydrogens is 326 g/mol. The van der Waals surface area contributed by atoms with Gasteiger partial charge in [-0.2, -0.15) is 0 Å². The highest BCUT2D eigenvalue weighted by molar-refractivity contribution is 5.85. The molecule has 0 atom stereocenters. The molecule has 1 saturated heterocycles. The summed E-state index contributed by atoms with van der Waals surface area (Å²) in [6.45, 7) is 1.67. The number of carbonyl (C=O) groups excluding carboxylic acids is 1. The lowest BCUT2D eigenvalue weighted by atomic mass is 9.77. The van der Waals surface area contributed by atoms with E-state index in [9.17, 15) is 13.6 Å². The Balaban J connectivity index is 1.80. The quantitative estimate of drug-likeness (QED) is 0.857. The molecule has 0 spiro atoms. The lowest BCUT2D eigenvalue weighted by Crippen LogP contribution is -2.56. The van der Waals surface area contributed by atoms with Gasteiger partial charge in [0.05, 0.1) is 0 Å². The van der Waals surface area contributed by atoms with E-state index < -0.39 is 22.7 Å². The van der Waals surface area contributed by atoms with Crippen LogP contribution in [-0.4, -0.2) is 38.3 Å². The number of hydrogen-bond acceptors (Lipinski definition) is 3. The first-order valence-corrected chi connectivity index (χ1v) is 9.02. The van der Waals surface area contributed by atoms with Gasteiger partial charge in [0.15, 0.2) is 0 Å². The van der Waals surface area contributed by atoms with Crippen molar-refractivity contribution in [3.63, 3.8) is 0 Å². The zero-order valence-electron chi connectivity index (χ0n) is 14.7. The Morgan fingerprint density at radius 1 is 1.16 bits per heavy atom. The minimum atomic E-state index is -0.848. The second-order valence-corrected chi connectivity index (χ2v) is 7.22. The summed E-state index contributed by atoms with van der Waals surface area (Å²) in [4.78, 5) is 12.8. The molecule has 2 aliphatic rings. The number of benzene rings is 1. The van der Waals surface area contributed by atoms with Crippen LogP contribution in [0.15, 0.2) is 18.2 Å². The van der Waals surface area contributed by atoms with Gasteiger partial charge in [-0.1, -0.05) is 18.9 Å². The van der Waals surface area contributed by atoms with Gasteiger partial charge in [-0.15, -0.1) is 0 Å². The number of amides is 1. The Morgan fingerprint density at radius 2 is 1.76 bits per heavy atom. The number of piperidine rings is 1. The molecule has 1 aromatic rings. The second kappa shape index (κ2) is 7.38. The van der Waals surface area contributed by atoms with Crippen LogP contribution < -0.4 is 10.6 Å². The van der Waals surface area contributed by atoms with Crippen molar-refractivity contribution in [2.24, 2.45) is 0 Å². The number of ether oxygens (including phenoxy) is 1. The molecular formula is C19H26F2N2O2. The number of halogens is 2. The second-order valence-electron chi connectivity index (χ2n) is 7.22. The van der Waals surface area contributed by atoms with E-state index in [0.29, 0.717) is 38.8 Å². The van der Waals surface area contributed by atoms with Crippen LogP contribution in [0.4, 0.5) is 8.78 Å². The highest BCUT2D eigenvalue weighted by Crippen LogP contribution is 2.43. The van der Waals surface area contributed by atoms with Gasteiger partial charge in [0.1, 0.15) is 17.2 Å². The van der Waals surface area contributed by atoms with Crippen molar-refractivity contribution in [1.82, 2.24) is 10.6 Å². The van der Waals surface area contributed by atoms with Gasteiger partial charge >= 0.3 is 0 Å². The third-order valence-electron chi connectivity index (χ3n) is 5.86. The zero-order valence-corrected chi connectivity index (χ0v) is 14.7. The molecule has 1 aliphatic heterocycles. The molecule has 0 aromatic heterocycles. The largest absolute Gasteiger partial charge is 0.368 e. The predicted molar refractivity (Wildman–Crippen MR) is 91.4 cm³/mol. The first kappa shape index (κ1) is 18.3. The maximum Gasteiger partial charge on any atom is 0.252 e. The van der Waals surface area contributed by atoms with E-state index in [1.165, 1.54) is 18.2 Å². The average molecular weight is 352 g/mol. The topological polar surface area (TPSA) is 50.4 Å². The highest BCUT2D eigenvalue weighted by atomic mass is 19.1. The monoisotopic (exact) mass is 352 g/mol. The van der Waals surface area contributed by atoms with Crippen molar-refractivity contribution in [3.8, 4) is 0 Å². The van der Waals surface area contributed by atoms with Crippen molar-refractivity contribution in [2.75, 3.05) is 26.7 Å². The lowest BCUT2D eigenvalue weighted by Gasteiger charge is -2.37. The maximum absolute atomic E-state index is 14.4. The Bertz CT molecular complexity index is 604. The van der Waals surface area contributed by atoms with Gasteiger partial charge in [0.2, 0.25) is 0 Å². The molecule has 25 heavy (non-hydrogen) atoms. The van der Waals surface area contributed by atoms with Crippen LogP contribution in [0.2, 0.25) is 0 Å². The molecule has 1 amide bonds. The summed E-state index contributed by atoms with van der Waals surface area (Å²) in [7, 11) is 1.55.